The van der Waals surface area contributed by atoms with E-state index < -0.39 is 30.8 Å². The van der Waals surface area contributed by atoms with Crippen molar-refractivity contribution in [3.05, 3.63) is 54.3 Å². The average molecular weight is 416 g/mol. The molecule has 0 aliphatic heterocycles. The van der Waals surface area contributed by atoms with Gasteiger partial charge in [0, 0.05) is 12.0 Å². The zero-order valence-electron chi connectivity index (χ0n) is 16.8. The highest BCUT2D eigenvalue weighted by Crippen LogP contribution is 2.25. The third-order valence-electron chi connectivity index (χ3n) is 4.11. The Morgan fingerprint density at radius 3 is 2.60 bits per heavy atom. The predicted molar refractivity (Wildman–Crippen MR) is 107 cm³/mol. The lowest BCUT2D eigenvalue weighted by Gasteiger charge is -2.22. The van der Waals surface area contributed by atoms with Gasteiger partial charge in [0.2, 0.25) is 0 Å². The van der Waals surface area contributed by atoms with Crippen molar-refractivity contribution in [3.63, 3.8) is 0 Å². The number of ether oxygens (including phenoxy) is 2. The van der Waals surface area contributed by atoms with Gasteiger partial charge in [0.1, 0.15) is 42.1 Å². The molecule has 0 fully saturated rings. The second-order valence-corrected chi connectivity index (χ2v) is 6.54. The quantitative estimate of drug-likeness (QED) is 0.446. The Kier molecular flexibility index (Phi) is 8.30. The van der Waals surface area contributed by atoms with Gasteiger partial charge in [-0.25, -0.2) is 9.59 Å². The number of alkyl carbamates (subject to hydrolysis) is 1. The number of rotatable bonds is 10. The Balaban J connectivity index is 2.06. The van der Waals surface area contributed by atoms with Crippen LogP contribution in [0.3, 0.4) is 0 Å². The maximum Gasteiger partial charge on any atom is 0.407 e. The zero-order valence-corrected chi connectivity index (χ0v) is 16.8. The van der Waals surface area contributed by atoms with Crippen molar-refractivity contribution in [2.45, 2.75) is 32.4 Å². The fourth-order valence-electron chi connectivity index (χ4n) is 2.68. The molecule has 9 nitrogen and oxygen atoms in total. The minimum Gasteiger partial charge on any atom is -0.459 e. The summed E-state index contributed by atoms with van der Waals surface area (Å²) in [7, 11) is 0. The lowest BCUT2D eigenvalue weighted by atomic mass is 10.1. The molecule has 2 aromatic rings. The first-order valence-corrected chi connectivity index (χ1v) is 9.24. The summed E-state index contributed by atoms with van der Waals surface area (Å²) in [6.45, 7) is 5.82. The molecule has 0 bridgehead atoms. The van der Waals surface area contributed by atoms with Crippen molar-refractivity contribution in [3.8, 4) is 11.3 Å². The van der Waals surface area contributed by atoms with Gasteiger partial charge in [0.05, 0.1) is 6.04 Å². The molecule has 1 heterocycles. The Hall–Kier alpha value is -3.46. The van der Waals surface area contributed by atoms with Gasteiger partial charge in [-0.15, -0.1) is 0 Å². The van der Waals surface area contributed by atoms with Gasteiger partial charge in [-0.3, -0.25) is 4.79 Å². The molecule has 1 amide bonds. The number of nitrogens with zero attached hydrogens (tertiary/aromatic N) is 1. The Morgan fingerprint density at radius 1 is 1.27 bits per heavy atom. The zero-order chi connectivity index (χ0) is 22.1. The molecule has 30 heavy (non-hydrogen) atoms. The van der Waals surface area contributed by atoms with E-state index >= 15 is 0 Å². The summed E-state index contributed by atoms with van der Waals surface area (Å²) in [5.41, 5.74) is 1.12. The summed E-state index contributed by atoms with van der Waals surface area (Å²) < 4.78 is 15.1. The van der Waals surface area contributed by atoms with Crippen molar-refractivity contribution in [2.75, 3.05) is 13.2 Å². The molecule has 0 saturated heterocycles. The smallest absolute Gasteiger partial charge is 0.407 e. The number of carbonyl (C=O) groups excluding carboxylic acids is 3. The molecule has 1 aromatic carbocycles. The molecular formula is C21H24N2O7. The molecule has 0 aliphatic carbocycles. The molecule has 9 heteroatoms. The van der Waals surface area contributed by atoms with Crippen LogP contribution in [0.1, 0.15) is 29.5 Å². The van der Waals surface area contributed by atoms with Crippen molar-refractivity contribution in [1.29, 1.82) is 0 Å². The van der Waals surface area contributed by atoms with Crippen LogP contribution in [0.2, 0.25) is 0 Å². The van der Waals surface area contributed by atoms with Crippen molar-refractivity contribution >= 4 is 17.8 Å². The van der Waals surface area contributed by atoms with Gasteiger partial charge >= 0.3 is 12.1 Å². The van der Waals surface area contributed by atoms with E-state index in [2.05, 4.69) is 17.1 Å². The molecule has 0 radical (unpaired) electrons. The summed E-state index contributed by atoms with van der Waals surface area (Å²) in [5.74, 6) is -0.752. The van der Waals surface area contributed by atoms with Crippen molar-refractivity contribution in [1.82, 2.24) is 10.5 Å². The fraction of sp³-hybridized carbons (Fsp3) is 0.333. The number of Topliss-reactive ketones (excluding diaryl/α,β-unsaturated/α-hetero) is 1. The number of hydrogen-bond acceptors (Lipinski definition) is 8. The van der Waals surface area contributed by atoms with Gasteiger partial charge in [-0.1, -0.05) is 48.1 Å². The SMILES string of the molecule is C=CCOC(=O)NC(CC(C)=O)C(O)COC(=O)c1c(-c2ccccc2)noc1C. The minimum absolute atomic E-state index is 0.0290. The van der Waals surface area contributed by atoms with Crippen LogP contribution < -0.4 is 5.32 Å². The molecule has 0 spiro atoms. The third-order valence-corrected chi connectivity index (χ3v) is 4.11. The first-order chi connectivity index (χ1) is 14.3. The highest BCUT2D eigenvalue weighted by atomic mass is 16.6. The third kappa shape index (κ3) is 6.28. The van der Waals surface area contributed by atoms with Crippen LogP contribution in [0.5, 0.6) is 0 Å². The summed E-state index contributed by atoms with van der Waals surface area (Å²) >= 11 is 0. The standard InChI is InChI=1S/C21H24N2O7/c1-4-10-28-21(27)22-16(11-13(2)24)17(25)12-29-20(26)18-14(3)30-23-19(18)15-8-6-5-7-9-15/h4-9,16-17,25H,1,10-12H2,2-3H3,(H,22,27). The number of aryl methyl sites for hydroxylation is 1. The molecule has 160 valence electrons. The summed E-state index contributed by atoms with van der Waals surface area (Å²) in [5, 5.41) is 16.7. The highest BCUT2D eigenvalue weighted by molar-refractivity contribution is 5.97. The Morgan fingerprint density at radius 2 is 1.97 bits per heavy atom. The van der Waals surface area contributed by atoms with Crippen LogP contribution in [0.15, 0.2) is 47.5 Å². The number of benzene rings is 1. The van der Waals surface area contributed by atoms with Gasteiger partial charge in [0.25, 0.3) is 0 Å². The predicted octanol–water partition coefficient (Wildman–Crippen LogP) is 2.43. The van der Waals surface area contributed by atoms with E-state index in [0.717, 1.165) is 0 Å². The van der Waals surface area contributed by atoms with Gasteiger partial charge in [-0.2, -0.15) is 0 Å². The van der Waals surface area contributed by atoms with Crippen LogP contribution in [0.4, 0.5) is 4.79 Å². The van der Waals surface area contributed by atoms with E-state index in [-0.39, 0.29) is 30.1 Å². The summed E-state index contributed by atoms with van der Waals surface area (Å²) in [6, 6.07) is 7.95. The highest BCUT2D eigenvalue weighted by Gasteiger charge is 2.27. The molecule has 0 aliphatic rings. The van der Waals surface area contributed by atoms with Crippen molar-refractivity contribution in [2.24, 2.45) is 0 Å². The van der Waals surface area contributed by atoms with E-state index in [0.29, 0.717) is 11.3 Å². The van der Waals surface area contributed by atoms with Gasteiger partial charge in [0.15, 0.2) is 0 Å². The lowest BCUT2D eigenvalue weighted by molar-refractivity contribution is -0.118. The van der Waals surface area contributed by atoms with E-state index in [1.54, 1.807) is 31.2 Å². The molecule has 2 unspecified atom stereocenters. The minimum atomic E-state index is -1.34. The maximum absolute atomic E-state index is 12.6. The van der Waals surface area contributed by atoms with Crippen LogP contribution >= 0.6 is 0 Å². The monoisotopic (exact) mass is 416 g/mol. The number of nitrogens with one attached hydrogen (secondary N) is 1. The van der Waals surface area contributed by atoms with E-state index in [1.165, 1.54) is 13.0 Å². The molecule has 2 atom stereocenters. The number of aromatic nitrogens is 1. The van der Waals surface area contributed by atoms with Crippen molar-refractivity contribution < 1.29 is 33.5 Å². The molecule has 2 rings (SSSR count). The van der Waals surface area contributed by atoms with Crippen LogP contribution in [-0.4, -0.2) is 53.5 Å². The number of ketones is 1. The van der Waals surface area contributed by atoms with Crippen LogP contribution in [-0.2, 0) is 14.3 Å². The Labute approximate surface area is 173 Å². The van der Waals surface area contributed by atoms with Crippen LogP contribution in [0.25, 0.3) is 11.3 Å². The first kappa shape index (κ1) is 22.8. The molecule has 2 N–H and O–H groups in total. The number of amides is 1. The number of carbonyl (C=O) groups is 3. The number of aliphatic hydroxyl groups excluding tert-OH is 1. The molecular weight excluding hydrogens is 392 g/mol. The second-order valence-electron chi connectivity index (χ2n) is 6.54. The largest absolute Gasteiger partial charge is 0.459 e. The lowest BCUT2D eigenvalue weighted by Crippen LogP contribution is -2.46. The fourth-order valence-corrected chi connectivity index (χ4v) is 2.68. The first-order valence-electron chi connectivity index (χ1n) is 9.24. The topological polar surface area (TPSA) is 128 Å². The molecule has 1 aromatic heterocycles. The normalized spacial score (nSPS) is 12.5. The number of hydrogen-bond donors (Lipinski definition) is 2. The number of aliphatic hydroxyl groups is 1. The summed E-state index contributed by atoms with van der Waals surface area (Å²) in [4.78, 5) is 35.8. The van der Waals surface area contributed by atoms with E-state index in [9.17, 15) is 19.5 Å². The Bertz CT molecular complexity index is 892. The molecule has 0 saturated carbocycles. The summed E-state index contributed by atoms with van der Waals surface area (Å²) in [6.07, 6.45) is -0.949. The van der Waals surface area contributed by atoms with Crippen LogP contribution in [0, 0.1) is 6.92 Å². The second kappa shape index (κ2) is 10.9. The van der Waals surface area contributed by atoms with E-state index in [4.69, 9.17) is 14.0 Å². The van der Waals surface area contributed by atoms with Gasteiger partial charge < -0.3 is 24.4 Å². The average Bonchev–Trinajstić information content (AvgIpc) is 3.11. The van der Waals surface area contributed by atoms with E-state index in [1.807, 2.05) is 6.07 Å². The van der Waals surface area contributed by atoms with Gasteiger partial charge in [-0.05, 0) is 13.8 Å². The number of esters is 1. The maximum atomic E-state index is 12.6.